The zero-order valence-corrected chi connectivity index (χ0v) is 15.2. The Hall–Kier alpha value is -0.890. The van der Waals surface area contributed by atoms with Gasteiger partial charge in [0, 0.05) is 11.8 Å². The van der Waals surface area contributed by atoms with E-state index in [4.69, 9.17) is 28.4 Å². The van der Waals surface area contributed by atoms with E-state index < -0.39 is 17.7 Å². The molecule has 0 spiro atoms. The van der Waals surface area contributed by atoms with Gasteiger partial charge < -0.3 is 28.4 Å². The molecule has 2 rings (SSSR count). The predicted molar refractivity (Wildman–Crippen MR) is 85.5 cm³/mol. The summed E-state index contributed by atoms with van der Waals surface area (Å²) in [6.45, 7) is 10.6. The average molecular weight is 346 g/mol. The van der Waals surface area contributed by atoms with Crippen LogP contribution in [0.15, 0.2) is 0 Å². The van der Waals surface area contributed by atoms with Crippen molar-refractivity contribution >= 4 is 6.16 Å². The number of hydrogen-bond donors (Lipinski definition) is 0. The third kappa shape index (κ3) is 6.93. The van der Waals surface area contributed by atoms with Gasteiger partial charge >= 0.3 is 6.16 Å². The van der Waals surface area contributed by atoms with Crippen molar-refractivity contribution in [1.29, 1.82) is 0 Å². The highest BCUT2D eigenvalue weighted by Crippen LogP contribution is 2.23. The molecule has 7 nitrogen and oxygen atoms in total. The molecule has 0 aromatic carbocycles. The lowest BCUT2D eigenvalue weighted by atomic mass is 10.1. The molecule has 0 amide bonds. The van der Waals surface area contributed by atoms with Gasteiger partial charge in [0.1, 0.15) is 0 Å². The monoisotopic (exact) mass is 346 g/mol. The van der Waals surface area contributed by atoms with Crippen LogP contribution in [-0.2, 0) is 28.4 Å². The molecular formula is C17H30O7. The first kappa shape index (κ1) is 19.4. The van der Waals surface area contributed by atoms with E-state index in [0.29, 0.717) is 52.5 Å². The van der Waals surface area contributed by atoms with Gasteiger partial charge in [-0.1, -0.05) is 0 Å². The van der Waals surface area contributed by atoms with Crippen LogP contribution in [0.25, 0.3) is 0 Å². The van der Waals surface area contributed by atoms with Crippen LogP contribution in [0.5, 0.6) is 0 Å². The number of carbonyl (C=O) groups is 1. The van der Waals surface area contributed by atoms with E-state index in [1.54, 1.807) is 0 Å². The molecule has 0 saturated carbocycles. The van der Waals surface area contributed by atoms with Crippen molar-refractivity contribution in [2.75, 3.05) is 39.6 Å². The van der Waals surface area contributed by atoms with Crippen molar-refractivity contribution in [3.63, 3.8) is 0 Å². The Bertz CT molecular complexity index is 352. The lowest BCUT2D eigenvalue weighted by molar-refractivity contribution is -0.263. The summed E-state index contributed by atoms with van der Waals surface area (Å²) in [5, 5.41) is 0. The summed E-state index contributed by atoms with van der Waals surface area (Å²) in [4.78, 5) is 11.6. The third-order valence-electron chi connectivity index (χ3n) is 4.16. The average Bonchev–Trinajstić information content (AvgIpc) is 2.51. The van der Waals surface area contributed by atoms with Crippen molar-refractivity contribution in [1.82, 2.24) is 0 Å². The molecule has 0 unspecified atom stereocenters. The van der Waals surface area contributed by atoms with Crippen molar-refractivity contribution in [3.05, 3.63) is 0 Å². The Balaban J connectivity index is 1.48. The number of carbonyl (C=O) groups excluding carboxylic acids is 1. The number of rotatable bonds is 6. The van der Waals surface area contributed by atoms with E-state index in [0.717, 1.165) is 0 Å². The summed E-state index contributed by atoms with van der Waals surface area (Å²) in [6.07, 6.45) is 0.765. The van der Waals surface area contributed by atoms with Crippen LogP contribution < -0.4 is 0 Å². The van der Waals surface area contributed by atoms with Gasteiger partial charge in [0.15, 0.2) is 11.6 Å². The van der Waals surface area contributed by atoms with Crippen LogP contribution >= 0.6 is 0 Å². The molecule has 2 aliphatic rings. The summed E-state index contributed by atoms with van der Waals surface area (Å²) in [7, 11) is 0. The molecule has 0 N–H and O–H groups in total. The highest BCUT2D eigenvalue weighted by atomic mass is 16.7. The highest BCUT2D eigenvalue weighted by Gasteiger charge is 2.29. The van der Waals surface area contributed by atoms with Gasteiger partial charge in [-0.25, -0.2) is 4.79 Å². The standard InChI is InChI=1S/C17H30O7/c1-16(2)21-9-13(10-22-16)5-7-19-15(18)20-8-6-14-11-23-17(3,4)24-12-14/h13-14H,5-12H2,1-4H3. The summed E-state index contributed by atoms with van der Waals surface area (Å²) >= 11 is 0. The summed E-state index contributed by atoms with van der Waals surface area (Å²) in [5.74, 6) is -0.549. The lowest BCUT2D eigenvalue weighted by Gasteiger charge is -2.35. The summed E-state index contributed by atoms with van der Waals surface area (Å²) in [6, 6.07) is 0. The van der Waals surface area contributed by atoms with Gasteiger partial charge in [0.2, 0.25) is 0 Å². The Morgan fingerprint density at radius 3 is 1.46 bits per heavy atom. The van der Waals surface area contributed by atoms with Gasteiger partial charge in [-0.3, -0.25) is 0 Å². The van der Waals surface area contributed by atoms with Crippen molar-refractivity contribution in [3.8, 4) is 0 Å². The Morgan fingerprint density at radius 2 is 1.12 bits per heavy atom. The van der Waals surface area contributed by atoms with Crippen LogP contribution in [0.4, 0.5) is 4.79 Å². The second kappa shape index (κ2) is 8.47. The fourth-order valence-corrected chi connectivity index (χ4v) is 2.45. The zero-order chi connectivity index (χ0) is 17.6. The first-order chi connectivity index (χ1) is 11.3. The van der Waals surface area contributed by atoms with E-state index in [9.17, 15) is 4.79 Å². The predicted octanol–water partition coefficient (Wildman–Crippen LogP) is 2.72. The molecule has 0 aromatic heterocycles. The molecule has 0 radical (unpaired) electrons. The summed E-state index contributed by atoms with van der Waals surface area (Å²) in [5.41, 5.74) is 0. The topological polar surface area (TPSA) is 72.5 Å². The molecule has 7 heteroatoms. The molecule has 2 fully saturated rings. The number of hydrogen-bond acceptors (Lipinski definition) is 7. The minimum atomic E-state index is -0.633. The molecule has 0 bridgehead atoms. The van der Waals surface area contributed by atoms with Crippen LogP contribution in [0.2, 0.25) is 0 Å². The maximum absolute atomic E-state index is 11.6. The van der Waals surface area contributed by atoms with E-state index >= 15 is 0 Å². The third-order valence-corrected chi connectivity index (χ3v) is 4.16. The van der Waals surface area contributed by atoms with Crippen molar-refractivity contribution in [2.45, 2.75) is 52.1 Å². The molecule has 2 heterocycles. The minimum absolute atomic E-state index is 0.241. The largest absolute Gasteiger partial charge is 0.508 e. The van der Waals surface area contributed by atoms with Crippen LogP contribution in [0, 0.1) is 11.8 Å². The molecular weight excluding hydrogens is 316 g/mol. The van der Waals surface area contributed by atoms with E-state index in [2.05, 4.69) is 0 Å². The minimum Gasteiger partial charge on any atom is -0.434 e. The van der Waals surface area contributed by atoms with Crippen molar-refractivity contribution in [2.24, 2.45) is 11.8 Å². The SMILES string of the molecule is CC1(C)OCC(CCOC(=O)OCCC2COC(C)(C)OC2)CO1. The molecule has 0 aliphatic carbocycles. The van der Waals surface area contributed by atoms with Gasteiger partial charge in [-0.2, -0.15) is 0 Å². The maximum Gasteiger partial charge on any atom is 0.508 e. The van der Waals surface area contributed by atoms with Gasteiger partial charge in [-0.05, 0) is 40.5 Å². The van der Waals surface area contributed by atoms with Crippen molar-refractivity contribution < 1.29 is 33.2 Å². The zero-order valence-electron chi connectivity index (χ0n) is 15.2. The lowest BCUT2D eigenvalue weighted by Crippen LogP contribution is -2.39. The van der Waals surface area contributed by atoms with Gasteiger partial charge in [0.25, 0.3) is 0 Å². The smallest absolute Gasteiger partial charge is 0.434 e. The Morgan fingerprint density at radius 1 is 0.792 bits per heavy atom. The van der Waals surface area contributed by atoms with Gasteiger partial charge in [-0.15, -0.1) is 0 Å². The van der Waals surface area contributed by atoms with Crippen LogP contribution in [-0.4, -0.2) is 57.4 Å². The second-order valence-electron chi connectivity index (χ2n) is 7.30. The van der Waals surface area contributed by atoms with E-state index in [-0.39, 0.29) is 11.8 Å². The van der Waals surface area contributed by atoms with Gasteiger partial charge in [0.05, 0.1) is 39.6 Å². The molecule has 2 saturated heterocycles. The van der Waals surface area contributed by atoms with Crippen LogP contribution in [0.1, 0.15) is 40.5 Å². The fourth-order valence-electron chi connectivity index (χ4n) is 2.45. The first-order valence-electron chi connectivity index (χ1n) is 8.61. The summed E-state index contributed by atoms with van der Waals surface area (Å²) < 4.78 is 32.4. The molecule has 2 aliphatic heterocycles. The van der Waals surface area contributed by atoms with Crippen LogP contribution in [0.3, 0.4) is 0 Å². The highest BCUT2D eigenvalue weighted by molar-refractivity contribution is 5.59. The van der Waals surface area contributed by atoms with E-state index in [1.807, 2.05) is 27.7 Å². The maximum atomic E-state index is 11.6. The molecule has 140 valence electrons. The Kier molecular flexibility index (Phi) is 6.86. The molecule has 24 heavy (non-hydrogen) atoms. The second-order valence-corrected chi connectivity index (χ2v) is 7.30. The quantitative estimate of drug-likeness (QED) is 0.685. The molecule has 0 atom stereocenters. The Labute approximate surface area is 143 Å². The van der Waals surface area contributed by atoms with E-state index in [1.165, 1.54) is 0 Å². The molecule has 0 aromatic rings. The fraction of sp³-hybridized carbons (Fsp3) is 0.941. The first-order valence-corrected chi connectivity index (χ1v) is 8.61. The normalized spacial score (nSPS) is 24.5. The number of ether oxygens (including phenoxy) is 6.